The molecule has 4 nitrogen and oxygen atoms in total. The number of hydrogen-bond acceptors (Lipinski definition) is 2. The number of amides is 2. The summed E-state index contributed by atoms with van der Waals surface area (Å²) in [4.78, 5) is 25.9. The number of nitrogens with one attached hydrogen (secondary N) is 1. The summed E-state index contributed by atoms with van der Waals surface area (Å²) in [7, 11) is 0. The van der Waals surface area contributed by atoms with Gasteiger partial charge in [-0.05, 0) is 30.4 Å². The first-order valence-corrected chi connectivity index (χ1v) is 8.15. The number of hydrogen-bond donors (Lipinski definition) is 1. The highest BCUT2D eigenvalue weighted by Crippen LogP contribution is 2.25. The lowest BCUT2D eigenvalue weighted by molar-refractivity contribution is -0.135. The van der Waals surface area contributed by atoms with Crippen molar-refractivity contribution in [2.24, 2.45) is 0 Å². The molecule has 4 heteroatoms. The quantitative estimate of drug-likeness (QED) is 0.904. The van der Waals surface area contributed by atoms with Gasteiger partial charge in [-0.15, -0.1) is 0 Å². The topological polar surface area (TPSA) is 49.4 Å². The van der Waals surface area contributed by atoms with E-state index in [1.54, 1.807) is 11.8 Å². The molecule has 0 saturated heterocycles. The first-order chi connectivity index (χ1) is 10.5. The zero-order valence-electron chi connectivity index (χ0n) is 13.8. The van der Waals surface area contributed by atoms with Crippen LogP contribution in [-0.4, -0.2) is 29.3 Å². The molecule has 1 aromatic rings. The molecule has 2 rings (SSSR count). The van der Waals surface area contributed by atoms with E-state index >= 15 is 0 Å². The largest absolute Gasteiger partial charge is 0.331 e. The van der Waals surface area contributed by atoms with Crippen LogP contribution in [0.1, 0.15) is 57.9 Å². The van der Waals surface area contributed by atoms with Gasteiger partial charge in [0.05, 0.1) is 0 Å². The standard InChI is InChI=1S/C18H26N2O2/c1-13(2)16-10-6-7-11-17(16)19-18(22)12-20(14(3)21)15-8-4-5-9-15/h6-7,10-11,13,15H,4-5,8-9,12H2,1-3H3,(H,19,22). The molecule has 0 bridgehead atoms. The lowest BCUT2D eigenvalue weighted by Gasteiger charge is -2.27. The number of benzene rings is 1. The van der Waals surface area contributed by atoms with Crippen LogP contribution in [0.3, 0.4) is 0 Å². The Labute approximate surface area is 132 Å². The third-order valence-electron chi connectivity index (χ3n) is 4.34. The second-order valence-electron chi connectivity index (χ2n) is 6.38. The van der Waals surface area contributed by atoms with Gasteiger partial charge in [0, 0.05) is 18.7 Å². The molecule has 0 aromatic heterocycles. The van der Waals surface area contributed by atoms with Crippen LogP contribution in [0.15, 0.2) is 24.3 Å². The van der Waals surface area contributed by atoms with Crippen molar-refractivity contribution >= 4 is 17.5 Å². The van der Waals surface area contributed by atoms with Gasteiger partial charge < -0.3 is 10.2 Å². The number of nitrogens with zero attached hydrogens (tertiary/aromatic N) is 1. The van der Waals surface area contributed by atoms with Gasteiger partial charge in [-0.3, -0.25) is 9.59 Å². The average molecular weight is 302 g/mol. The van der Waals surface area contributed by atoms with E-state index in [0.29, 0.717) is 5.92 Å². The molecule has 0 aliphatic heterocycles. The minimum atomic E-state index is -0.116. The minimum absolute atomic E-state index is 0.0146. The molecular formula is C18H26N2O2. The summed E-state index contributed by atoms with van der Waals surface area (Å²) < 4.78 is 0. The molecule has 0 radical (unpaired) electrons. The van der Waals surface area contributed by atoms with Crippen LogP contribution in [-0.2, 0) is 9.59 Å². The van der Waals surface area contributed by atoms with Crippen molar-refractivity contribution in [1.82, 2.24) is 4.90 Å². The van der Waals surface area contributed by atoms with Gasteiger partial charge in [-0.1, -0.05) is 44.9 Å². The van der Waals surface area contributed by atoms with E-state index in [9.17, 15) is 9.59 Å². The van der Waals surface area contributed by atoms with E-state index < -0.39 is 0 Å². The summed E-state index contributed by atoms with van der Waals surface area (Å²) in [5.74, 6) is 0.213. The van der Waals surface area contributed by atoms with Gasteiger partial charge in [0.2, 0.25) is 11.8 Å². The van der Waals surface area contributed by atoms with Crippen molar-refractivity contribution < 1.29 is 9.59 Å². The Bertz CT molecular complexity index is 534. The molecule has 22 heavy (non-hydrogen) atoms. The zero-order chi connectivity index (χ0) is 16.1. The molecule has 0 spiro atoms. The number of rotatable bonds is 5. The Morgan fingerprint density at radius 3 is 2.45 bits per heavy atom. The minimum Gasteiger partial charge on any atom is -0.331 e. The maximum Gasteiger partial charge on any atom is 0.244 e. The van der Waals surface area contributed by atoms with Gasteiger partial charge >= 0.3 is 0 Å². The zero-order valence-corrected chi connectivity index (χ0v) is 13.8. The van der Waals surface area contributed by atoms with Crippen molar-refractivity contribution in [3.05, 3.63) is 29.8 Å². The molecule has 0 atom stereocenters. The van der Waals surface area contributed by atoms with E-state index in [2.05, 4.69) is 19.2 Å². The molecule has 0 heterocycles. The maximum atomic E-state index is 12.4. The predicted octanol–water partition coefficient (Wildman–Crippen LogP) is 3.54. The number of carbonyl (C=O) groups excluding carboxylic acids is 2. The Kier molecular flexibility index (Phi) is 5.58. The van der Waals surface area contributed by atoms with Crippen LogP contribution in [0.4, 0.5) is 5.69 Å². The van der Waals surface area contributed by atoms with Crippen LogP contribution >= 0.6 is 0 Å². The summed E-state index contributed by atoms with van der Waals surface area (Å²) in [5, 5.41) is 2.97. The first-order valence-electron chi connectivity index (χ1n) is 8.15. The van der Waals surface area contributed by atoms with Gasteiger partial charge in [-0.25, -0.2) is 0 Å². The second-order valence-corrected chi connectivity index (χ2v) is 6.38. The molecule has 1 saturated carbocycles. The molecule has 1 N–H and O–H groups in total. The third-order valence-corrected chi connectivity index (χ3v) is 4.34. The van der Waals surface area contributed by atoms with Crippen molar-refractivity contribution in [3.8, 4) is 0 Å². The third kappa shape index (κ3) is 4.09. The van der Waals surface area contributed by atoms with Crippen LogP contribution in [0.2, 0.25) is 0 Å². The predicted molar refractivity (Wildman–Crippen MR) is 88.8 cm³/mol. The monoisotopic (exact) mass is 302 g/mol. The van der Waals surface area contributed by atoms with Gasteiger partial charge in [0.15, 0.2) is 0 Å². The van der Waals surface area contributed by atoms with Crippen molar-refractivity contribution in [1.29, 1.82) is 0 Å². The molecule has 0 unspecified atom stereocenters. The molecule has 1 aromatic carbocycles. The SMILES string of the molecule is CC(=O)N(CC(=O)Nc1ccccc1C(C)C)C1CCCC1. The molecular weight excluding hydrogens is 276 g/mol. The van der Waals surface area contributed by atoms with Crippen LogP contribution in [0.25, 0.3) is 0 Å². The number of carbonyl (C=O) groups is 2. The highest BCUT2D eigenvalue weighted by atomic mass is 16.2. The maximum absolute atomic E-state index is 12.4. The Balaban J connectivity index is 2.04. The summed E-state index contributed by atoms with van der Waals surface area (Å²) >= 11 is 0. The highest BCUT2D eigenvalue weighted by Gasteiger charge is 2.26. The average Bonchev–Trinajstić information content (AvgIpc) is 2.98. The number of para-hydroxylation sites is 1. The molecule has 1 aliphatic rings. The van der Waals surface area contributed by atoms with Crippen molar-refractivity contribution in [2.75, 3.05) is 11.9 Å². The normalized spacial score (nSPS) is 15.1. The van der Waals surface area contributed by atoms with E-state index in [-0.39, 0.29) is 24.4 Å². The summed E-state index contributed by atoms with van der Waals surface area (Å²) in [6.45, 7) is 5.90. The fourth-order valence-electron chi connectivity index (χ4n) is 3.17. The smallest absolute Gasteiger partial charge is 0.244 e. The van der Waals surface area contributed by atoms with Crippen molar-refractivity contribution in [3.63, 3.8) is 0 Å². The molecule has 2 amide bonds. The van der Waals surface area contributed by atoms with Gasteiger partial charge in [0.1, 0.15) is 6.54 Å². The lowest BCUT2D eigenvalue weighted by Crippen LogP contribution is -2.42. The lowest BCUT2D eigenvalue weighted by atomic mass is 10.0. The number of anilines is 1. The van der Waals surface area contributed by atoms with E-state index in [0.717, 1.165) is 36.9 Å². The van der Waals surface area contributed by atoms with Crippen LogP contribution < -0.4 is 5.32 Å². The van der Waals surface area contributed by atoms with Gasteiger partial charge in [-0.2, -0.15) is 0 Å². The fourth-order valence-corrected chi connectivity index (χ4v) is 3.17. The van der Waals surface area contributed by atoms with Crippen molar-refractivity contribution in [2.45, 2.75) is 58.4 Å². The Morgan fingerprint density at radius 2 is 1.86 bits per heavy atom. The highest BCUT2D eigenvalue weighted by molar-refractivity contribution is 5.95. The summed E-state index contributed by atoms with van der Waals surface area (Å²) in [6.07, 6.45) is 4.31. The fraction of sp³-hybridized carbons (Fsp3) is 0.556. The first kappa shape index (κ1) is 16.5. The molecule has 120 valence electrons. The second kappa shape index (κ2) is 7.43. The Morgan fingerprint density at radius 1 is 1.23 bits per heavy atom. The van der Waals surface area contributed by atoms with E-state index in [1.807, 2.05) is 24.3 Å². The molecule has 1 aliphatic carbocycles. The van der Waals surface area contributed by atoms with E-state index in [1.165, 1.54) is 0 Å². The van der Waals surface area contributed by atoms with Crippen LogP contribution in [0, 0.1) is 0 Å². The van der Waals surface area contributed by atoms with Gasteiger partial charge in [0.25, 0.3) is 0 Å². The van der Waals surface area contributed by atoms with E-state index in [4.69, 9.17) is 0 Å². The molecule has 1 fully saturated rings. The van der Waals surface area contributed by atoms with Crippen LogP contribution in [0.5, 0.6) is 0 Å². The summed E-state index contributed by atoms with van der Waals surface area (Å²) in [6, 6.07) is 8.07. The Hall–Kier alpha value is -1.84. The summed E-state index contributed by atoms with van der Waals surface area (Å²) in [5.41, 5.74) is 1.96.